The summed E-state index contributed by atoms with van der Waals surface area (Å²) in [7, 11) is 0. The Balaban J connectivity index is 1.75. The molecule has 0 atom stereocenters. The molecule has 7 nitrogen and oxygen atoms in total. The van der Waals surface area contributed by atoms with Crippen molar-refractivity contribution < 1.29 is 0 Å². The molecule has 8 heteroatoms. The van der Waals surface area contributed by atoms with Gasteiger partial charge < -0.3 is 5.32 Å². The zero-order valence-electron chi connectivity index (χ0n) is 10.1. The molecular formula is C10H13N7S. The van der Waals surface area contributed by atoms with E-state index in [4.69, 9.17) is 0 Å². The molecule has 3 rings (SSSR count). The molecule has 0 aliphatic heterocycles. The molecular weight excluding hydrogens is 250 g/mol. The first kappa shape index (κ1) is 11.3. The number of thiazole rings is 1. The minimum absolute atomic E-state index is 0.590. The molecule has 0 aliphatic carbocycles. The minimum atomic E-state index is 0.590. The van der Waals surface area contributed by atoms with Crippen molar-refractivity contribution in [1.29, 1.82) is 0 Å². The van der Waals surface area contributed by atoms with Crippen molar-refractivity contribution in [3.05, 3.63) is 28.3 Å². The van der Waals surface area contributed by atoms with Crippen LogP contribution in [0.2, 0.25) is 0 Å². The summed E-state index contributed by atoms with van der Waals surface area (Å²) in [6.45, 7) is 5.44. The number of rotatable bonds is 4. The van der Waals surface area contributed by atoms with E-state index in [2.05, 4.69) is 48.4 Å². The number of hydrogen-bond acceptors (Lipinski definition) is 6. The predicted octanol–water partition coefficient (Wildman–Crippen LogP) is 0.816. The van der Waals surface area contributed by atoms with Gasteiger partial charge in [0.2, 0.25) is 0 Å². The molecule has 3 aromatic rings. The van der Waals surface area contributed by atoms with Gasteiger partial charge in [0.05, 0.1) is 17.9 Å². The number of fused-ring (bicyclic) bond motifs is 1. The van der Waals surface area contributed by atoms with Gasteiger partial charge in [0.15, 0.2) is 10.8 Å². The monoisotopic (exact) mass is 263 g/mol. The normalized spacial score (nSPS) is 11.4. The summed E-state index contributed by atoms with van der Waals surface area (Å²) >= 11 is 1.70. The van der Waals surface area contributed by atoms with Crippen LogP contribution in [0.25, 0.3) is 4.96 Å². The fraction of sp³-hybridized carbons (Fsp3) is 0.400. The first-order valence-electron chi connectivity index (χ1n) is 5.61. The van der Waals surface area contributed by atoms with Gasteiger partial charge in [-0.15, -0.1) is 21.5 Å². The van der Waals surface area contributed by atoms with Gasteiger partial charge in [-0.3, -0.25) is 4.40 Å². The van der Waals surface area contributed by atoms with Crippen LogP contribution in [-0.2, 0) is 13.1 Å². The molecule has 0 saturated heterocycles. The lowest BCUT2D eigenvalue weighted by Gasteiger charge is -2.02. The van der Waals surface area contributed by atoms with Crippen LogP contribution in [0, 0.1) is 13.8 Å². The molecule has 0 spiro atoms. The number of H-pyrrole nitrogens is 1. The van der Waals surface area contributed by atoms with E-state index in [9.17, 15) is 0 Å². The summed E-state index contributed by atoms with van der Waals surface area (Å²) in [5.41, 5.74) is 2.24. The molecule has 0 amide bonds. The minimum Gasteiger partial charge on any atom is -0.304 e. The molecule has 3 aromatic heterocycles. The molecule has 0 aliphatic rings. The second-order valence-electron chi connectivity index (χ2n) is 4.07. The second-order valence-corrected chi connectivity index (χ2v) is 5.28. The highest BCUT2D eigenvalue weighted by atomic mass is 32.1. The molecule has 0 aromatic carbocycles. The van der Waals surface area contributed by atoms with E-state index in [1.54, 1.807) is 11.3 Å². The summed E-state index contributed by atoms with van der Waals surface area (Å²) in [6, 6.07) is 0. The smallest absolute Gasteiger partial charge is 0.194 e. The Morgan fingerprint density at radius 3 is 3.06 bits per heavy atom. The summed E-state index contributed by atoms with van der Waals surface area (Å²) in [5.74, 6) is 0.662. The predicted molar refractivity (Wildman–Crippen MR) is 67.3 cm³/mol. The van der Waals surface area contributed by atoms with Crippen molar-refractivity contribution in [2.75, 3.05) is 0 Å². The highest BCUT2D eigenvalue weighted by Crippen LogP contribution is 2.20. The van der Waals surface area contributed by atoms with Gasteiger partial charge in [-0.2, -0.15) is 5.21 Å². The van der Waals surface area contributed by atoms with Crippen molar-refractivity contribution in [3.63, 3.8) is 0 Å². The number of tetrazole rings is 1. The van der Waals surface area contributed by atoms with E-state index >= 15 is 0 Å². The summed E-state index contributed by atoms with van der Waals surface area (Å²) in [6.07, 6.45) is 2.12. The van der Waals surface area contributed by atoms with Crippen molar-refractivity contribution in [2.24, 2.45) is 0 Å². The molecule has 0 fully saturated rings. The molecule has 0 bridgehead atoms. The Hall–Kier alpha value is -1.80. The van der Waals surface area contributed by atoms with Crippen molar-refractivity contribution in [3.8, 4) is 0 Å². The van der Waals surface area contributed by atoms with Gasteiger partial charge in [0.1, 0.15) is 0 Å². The summed E-state index contributed by atoms with van der Waals surface area (Å²) in [4.78, 5) is 6.85. The van der Waals surface area contributed by atoms with Crippen LogP contribution in [0.5, 0.6) is 0 Å². The van der Waals surface area contributed by atoms with E-state index in [0.717, 1.165) is 17.2 Å². The van der Waals surface area contributed by atoms with Crippen LogP contribution in [0.4, 0.5) is 0 Å². The van der Waals surface area contributed by atoms with Crippen molar-refractivity contribution in [1.82, 2.24) is 35.3 Å². The molecule has 0 saturated carbocycles. The molecule has 18 heavy (non-hydrogen) atoms. The number of nitrogens with one attached hydrogen (secondary N) is 2. The Morgan fingerprint density at radius 2 is 2.28 bits per heavy atom. The lowest BCUT2D eigenvalue weighted by Crippen LogP contribution is -2.15. The highest BCUT2D eigenvalue weighted by molar-refractivity contribution is 7.17. The maximum absolute atomic E-state index is 4.54. The van der Waals surface area contributed by atoms with E-state index in [1.165, 1.54) is 10.6 Å². The topological polar surface area (TPSA) is 83.8 Å². The fourth-order valence-corrected chi connectivity index (χ4v) is 2.76. The third-order valence-corrected chi connectivity index (χ3v) is 3.60. The zero-order chi connectivity index (χ0) is 12.5. The number of imidazole rings is 1. The summed E-state index contributed by atoms with van der Waals surface area (Å²) in [5, 5.41) is 17.0. The highest BCUT2D eigenvalue weighted by Gasteiger charge is 2.10. The van der Waals surface area contributed by atoms with Gasteiger partial charge in [-0.1, -0.05) is 5.21 Å². The average Bonchev–Trinajstić information content (AvgIpc) is 2.99. The Kier molecular flexibility index (Phi) is 2.80. The van der Waals surface area contributed by atoms with E-state index < -0.39 is 0 Å². The van der Waals surface area contributed by atoms with Crippen LogP contribution in [0.1, 0.15) is 22.1 Å². The number of aryl methyl sites for hydroxylation is 2. The maximum atomic E-state index is 4.54. The van der Waals surface area contributed by atoms with Gasteiger partial charge in [0, 0.05) is 17.6 Å². The number of nitrogens with zero attached hydrogens (tertiary/aromatic N) is 5. The van der Waals surface area contributed by atoms with Crippen molar-refractivity contribution >= 4 is 16.3 Å². The lowest BCUT2D eigenvalue weighted by atomic mass is 10.3. The van der Waals surface area contributed by atoms with Gasteiger partial charge in [0.25, 0.3) is 0 Å². The van der Waals surface area contributed by atoms with Gasteiger partial charge in [-0.25, -0.2) is 4.98 Å². The van der Waals surface area contributed by atoms with Crippen LogP contribution >= 0.6 is 11.3 Å². The van der Waals surface area contributed by atoms with Gasteiger partial charge >= 0.3 is 0 Å². The van der Waals surface area contributed by atoms with Crippen LogP contribution in [-0.4, -0.2) is 30.0 Å². The average molecular weight is 263 g/mol. The molecule has 2 N–H and O–H groups in total. The lowest BCUT2D eigenvalue weighted by molar-refractivity contribution is 0.647. The van der Waals surface area contributed by atoms with E-state index in [0.29, 0.717) is 12.4 Å². The maximum Gasteiger partial charge on any atom is 0.194 e. The van der Waals surface area contributed by atoms with E-state index in [1.807, 2.05) is 6.92 Å². The quantitative estimate of drug-likeness (QED) is 0.728. The van der Waals surface area contributed by atoms with E-state index in [-0.39, 0.29) is 0 Å². The van der Waals surface area contributed by atoms with Crippen LogP contribution in [0.3, 0.4) is 0 Å². The Labute approximate surface area is 107 Å². The zero-order valence-corrected chi connectivity index (χ0v) is 11.0. The van der Waals surface area contributed by atoms with Crippen LogP contribution in [0.15, 0.2) is 6.20 Å². The fourth-order valence-electron chi connectivity index (χ4n) is 1.87. The van der Waals surface area contributed by atoms with Crippen molar-refractivity contribution in [2.45, 2.75) is 26.9 Å². The van der Waals surface area contributed by atoms with Gasteiger partial charge in [-0.05, 0) is 13.8 Å². The number of aromatic nitrogens is 6. The Morgan fingerprint density at radius 1 is 1.39 bits per heavy atom. The molecule has 94 valence electrons. The Bertz CT molecular complexity index is 651. The first-order chi connectivity index (χ1) is 8.74. The molecule has 0 unspecified atom stereocenters. The first-order valence-corrected chi connectivity index (χ1v) is 6.42. The second kappa shape index (κ2) is 4.46. The SMILES string of the molecule is Cc1cn2c(CNCc3nn[nH]n3)c(C)nc2s1. The van der Waals surface area contributed by atoms with Crippen LogP contribution < -0.4 is 5.32 Å². The third kappa shape index (κ3) is 2.00. The standard InChI is InChI=1S/C10H13N7S/c1-6-5-17-8(7(2)12-10(17)18-6)3-11-4-9-13-15-16-14-9/h5,11H,3-4H2,1-2H3,(H,13,14,15,16). The largest absolute Gasteiger partial charge is 0.304 e. The molecule has 3 heterocycles. The summed E-state index contributed by atoms with van der Waals surface area (Å²) < 4.78 is 2.14. The number of hydrogen-bond donors (Lipinski definition) is 2. The third-order valence-electron chi connectivity index (χ3n) is 2.71. The number of aromatic amines is 1. The molecule has 0 radical (unpaired) electrons.